The number of carbonyl (C=O) groups excluding carboxylic acids is 2. The Balaban J connectivity index is 3.10. The first-order valence-corrected chi connectivity index (χ1v) is 4.45. The zero-order chi connectivity index (χ0) is 9.84. The quantitative estimate of drug-likeness (QED) is 0.652. The Hall–Kier alpha value is -1.16. The van der Waals surface area contributed by atoms with Crippen LogP contribution in [0.5, 0.6) is 0 Å². The molecule has 0 atom stereocenters. The number of hydrogen-bond acceptors (Lipinski definition) is 2. The van der Waals surface area contributed by atoms with Gasteiger partial charge in [0.1, 0.15) is 0 Å². The molecule has 3 nitrogen and oxygen atoms in total. The van der Waals surface area contributed by atoms with Crippen LogP contribution in [0.4, 0.5) is 5.69 Å². The zero-order valence-electron chi connectivity index (χ0n) is 7.00. The van der Waals surface area contributed by atoms with Gasteiger partial charge in [-0.3, -0.25) is 9.59 Å². The Morgan fingerprint density at radius 3 is 2.77 bits per heavy atom. The first-order chi connectivity index (χ1) is 6.15. The maximum atomic E-state index is 11.0. The molecule has 0 spiro atoms. The van der Waals surface area contributed by atoms with Crippen molar-refractivity contribution in [2.24, 2.45) is 0 Å². The molecule has 0 aromatic heterocycles. The van der Waals surface area contributed by atoms with Crippen molar-refractivity contribution in [2.45, 2.75) is 6.92 Å². The molecule has 1 aromatic carbocycles. The number of Topliss-reactive ketones (excluding diaryl/α,β-unsaturated/α-hetero) is 1. The number of benzene rings is 1. The summed E-state index contributed by atoms with van der Waals surface area (Å²) in [4.78, 5) is 21.2. The SMILES string of the molecule is CC(=O)c1ccc(Br)c(NC=O)c1. The lowest BCUT2D eigenvalue weighted by atomic mass is 10.1. The summed E-state index contributed by atoms with van der Waals surface area (Å²) in [6.07, 6.45) is 0.573. The van der Waals surface area contributed by atoms with Crippen molar-refractivity contribution in [1.82, 2.24) is 0 Å². The third-order valence-electron chi connectivity index (χ3n) is 1.59. The van der Waals surface area contributed by atoms with Crippen molar-refractivity contribution >= 4 is 33.8 Å². The molecule has 0 heterocycles. The van der Waals surface area contributed by atoms with Crippen molar-refractivity contribution in [3.05, 3.63) is 28.2 Å². The van der Waals surface area contributed by atoms with Gasteiger partial charge in [0.15, 0.2) is 5.78 Å². The molecule has 0 fully saturated rings. The molecule has 0 saturated heterocycles. The summed E-state index contributed by atoms with van der Waals surface area (Å²) < 4.78 is 0.754. The number of ketones is 1. The summed E-state index contributed by atoms with van der Waals surface area (Å²) in [5.74, 6) is -0.0264. The highest BCUT2D eigenvalue weighted by atomic mass is 79.9. The van der Waals surface area contributed by atoms with Gasteiger partial charge < -0.3 is 5.32 Å². The Labute approximate surface area is 84.3 Å². The van der Waals surface area contributed by atoms with E-state index >= 15 is 0 Å². The molecule has 0 bridgehead atoms. The Bertz CT molecular complexity index is 349. The van der Waals surface area contributed by atoms with Crippen LogP contribution in [0.15, 0.2) is 22.7 Å². The smallest absolute Gasteiger partial charge is 0.211 e. The summed E-state index contributed by atoms with van der Waals surface area (Å²) in [6, 6.07) is 5.05. The molecule has 13 heavy (non-hydrogen) atoms. The first kappa shape index (κ1) is 9.92. The van der Waals surface area contributed by atoms with Crippen LogP contribution in [0.1, 0.15) is 17.3 Å². The molecule has 1 amide bonds. The number of anilines is 1. The van der Waals surface area contributed by atoms with E-state index in [2.05, 4.69) is 21.2 Å². The van der Waals surface area contributed by atoms with Gasteiger partial charge in [0.2, 0.25) is 6.41 Å². The van der Waals surface area contributed by atoms with Gasteiger partial charge in [-0.15, -0.1) is 0 Å². The lowest BCUT2D eigenvalue weighted by molar-refractivity contribution is -0.105. The number of hydrogen-bond donors (Lipinski definition) is 1. The molecular weight excluding hydrogens is 234 g/mol. The maximum Gasteiger partial charge on any atom is 0.211 e. The van der Waals surface area contributed by atoms with E-state index in [1.54, 1.807) is 18.2 Å². The first-order valence-electron chi connectivity index (χ1n) is 3.66. The van der Waals surface area contributed by atoms with E-state index in [4.69, 9.17) is 0 Å². The number of nitrogens with one attached hydrogen (secondary N) is 1. The summed E-state index contributed by atoms with van der Waals surface area (Å²) in [5, 5.41) is 2.49. The summed E-state index contributed by atoms with van der Waals surface area (Å²) in [5.41, 5.74) is 1.18. The van der Waals surface area contributed by atoms with Crippen LogP contribution in [0, 0.1) is 0 Å². The molecular formula is C9H8BrNO2. The van der Waals surface area contributed by atoms with Gasteiger partial charge in [0, 0.05) is 10.0 Å². The van der Waals surface area contributed by atoms with Crippen LogP contribution >= 0.6 is 15.9 Å². The maximum absolute atomic E-state index is 11.0. The molecule has 0 aliphatic rings. The molecule has 1 aromatic rings. The van der Waals surface area contributed by atoms with E-state index in [0.29, 0.717) is 17.7 Å². The second-order valence-electron chi connectivity index (χ2n) is 2.51. The number of amides is 1. The van der Waals surface area contributed by atoms with E-state index in [9.17, 15) is 9.59 Å². The highest BCUT2D eigenvalue weighted by Gasteiger charge is 2.03. The predicted octanol–water partition coefficient (Wildman–Crippen LogP) is 2.22. The highest BCUT2D eigenvalue weighted by Crippen LogP contribution is 2.23. The average Bonchev–Trinajstić information content (AvgIpc) is 2.08. The highest BCUT2D eigenvalue weighted by molar-refractivity contribution is 9.10. The van der Waals surface area contributed by atoms with E-state index < -0.39 is 0 Å². The third-order valence-corrected chi connectivity index (χ3v) is 2.28. The van der Waals surface area contributed by atoms with Crippen molar-refractivity contribution in [1.29, 1.82) is 0 Å². The van der Waals surface area contributed by atoms with Gasteiger partial charge >= 0.3 is 0 Å². The number of carbonyl (C=O) groups is 2. The minimum absolute atomic E-state index is 0.0264. The van der Waals surface area contributed by atoms with Gasteiger partial charge in [0.05, 0.1) is 5.69 Å². The van der Waals surface area contributed by atoms with E-state index in [1.807, 2.05) is 0 Å². The van der Waals surface area contributed by atoms with Crippen molar-refractivity contribution in [2.75, 3.05) is 5.32 Å². The van der Waals surface area contributed by atoms with Crippen LogP contribution in [0.3, 0.4) is 0 Å². The molecule has 0 saturated carbocycles. The van der Waals surface area contributed by atoms with Crippen molar-refractivity contribution in [3.63, 3.8) is 0 Å². The standard InChI is InChI=1S/C9H8BrNO2/c1-6(13)7-2-3-8(10)9(4-7)11-5-12/h2-5H,1H3,(H,11,12). The minimum Gasteiger partial charge on any atom is -0.328 e. The van der Waals surface area contributed by atoms with Crippen LogP contribution in [-0.2, 0) is 4.79 Å². The van der Waals surface area contributed by atoms with Gasteiger partial charge in [-0.2, -0.15) is 0 Å². The van der Waals surface area contributed by atoms with Gasteiger partial charge in [-0.1, -0.05) is 6.07 Å². The second-order valence-corrected chi connectivity index (χ2v) is 3.37. The summed E-state index contributed by atoms with van der Waals surface area (Å²) in [6.45, 7) is 1.48. The molecule has 68 valence electrons. The van der Waals surface area contributed by atoms with Crippen molar-refractivity contribution in [3.8, 4) is 0 Å². The van der Waals surface area contributed by atoms with Crippen LogP contribution < -0.4 is 5.32 Å². The molecule has 4 heteroatoms. The van der Waals surface area contributed by atoms with Gasteiger partial charge in [-0.25, -0.2) is 0 Å². The minimum atomic E-state index is -0.0264. The summed E-state index contributed by atoms with van der Waals surface area (Å²) in [7, 11) is 0. The third kappa shape index (κ3) is 2.39. The topological polar surface area (TPSA) is 46.2 Å². The Kier molecular flexibility index (Phi) is 3.19. The largest absolute Gasteiger partial charge is 0.328 e. The summed E-state index contributed by atoms with van der Waals surface area (Å²) >= 11 is 3.25. The fourth-order valence-corrected chi connectivity index (χ4v) is 1.28. The molecule has 0 aliphatic carbocycles. The molecule has 1 N–H and O–H groups in total. The Morgan fingerprint density at radius 1 is 1.54 bits per heavy atom. The molecule has 0 unspecified atom stereocenters. The van der Waals surface area contributed by atoms with Crippen LogP contribution in [0.25, 0.3) is 0 Å². The lowest BCUT2D eigenvalue weighted by Crippen LogP contribution is -1.98. The van der Waals surface area contributed by atoms with E-state index in [1.165, 1.54) is 6.92 Å². The average molecular weight is 242 g/mol. The molecule has 0 radical (unpaired) electrons. The fourth-order valence-electron chi connectivity index (χ4n) is 0.918. The Morgan fingerprint density at radius 2 is 2.23 bits per heavy atom. The molecule has 0 aliphatic heterocycles. The van der Waals surface area contributed by atoms with Crippen molar-refractivity contribution < 1.29 is 9.59 Å². The number of rotatable bonds is 3. The van der Waals surface area contributed by atoms with Crippen LogP contribution in [-0.4, -0.2) is 12.2 Å². The zero-order valence-corrected chi connectivity index (χ0v) is 8.59. The second kappa shape index (κ2) is 4.18. The molecule has 1 rings (SSSR count). The lowest BCUT2D eigenvalue weighted by Gasteiger charge is -2.03. The van der Waals surface area contributed by atoms with Crippen LogP contribution in [0.2, 0.25) is 0 Å². The van der Waals surface area contributed by atoms with Gasteiger partial charge in [-0.05, 0) is 35.0 Å². The van der Waals surface area contributed by atoms with E-state index in [-0.39, 0.29) is 5.78 Å². The number of halogens is 1. The van der Waals surface area contributed by atoms with E-state index in [0.717, 1.165) is 4.47 Å². The fraction of sp³-hybridized carbons (Fsp3) is 0.111. The van der Waals surface area contributed by atoms with Gasteiger partial charge in [0.25, 0.3) is 0 Å². The monoisotopic (exact) mass is 241 g/mol. The normalized spacial score (nSPS) is 9.38. The predicted molar refractivity (Wildman–Crippen MR) is 53.8 cm³/mol.